The number of tetrazole rings is 1. The molecule has 1 aliphatic heterocycles. The van der Waals surface area contributed by atoms with Crippen LogP contribution in [0.5, 0.6) is 17.2 Å². The highest BCUT2D eigenvalue weighted by molar-refractivity contribution is 5.93. The van der Waals surface area contributed by atoms with E-state index in [0.717, 1.165) is 74.7 Å². The Morgan fingerprint density at radius 2 is 0.808 bits per heavy atom. The number of carboxylic acid groups (broad SMARTS) is 6. The molecular weight excluding hydrogens is 1680 g/mol. The molecule has 130 heavy (non-hydrogen) atoms. The minimum atomic E-state index is -1.47. The van der Waals surface area contributed by atoms with E-state index in [1.54, 1.807) is 62.5 Å². The van der Waals surface area contributed by atoms with Crippen molar-refractivity contribution in [2.24, 2.45) is 12.8 Å². The molecule has 0 radical (unpaired) electrons. The SMILES string of the molecule is CCc1c(-c2cnc(N(C)C)nc2)[nH]c(=O)c(C(=O)O)c1O.CCc1cc(C(=O)O)c(=O)[nH]c1-c1ccc(-c2nn[nH]n2)cc1.CCc1cc(C(=O)O)c(=O)[nH]c1-c1ccc(OC)cc1.CCc1cc(C(=O)O)c(=O)[nH]c1-c1cnc(N(C)C)nc1.CN(C)c1ccc(-c2[nH]c(=O)c(C(=O)O)cc2CN)cc1.Cn1c(-c2ccc(N3CCCC3)cc2)cc(O)c(C(=O)O)c1=O. The third kappa shape index (κ3) is 23.2. The van der Waals surface area contributed by atoms with Crippen molar-refractivity contribution >= 4 is 59.1 Å². The Bertz CT molecular complexity index is 6540. The number of hydrogen-bond acceptors (Lipinski definition) is 27. The van der Waals surface area contributed by atoms with Crippen molar-refractivity contribution in [3.63, 3.8) is 0 Å². The summed E-state index contributed by atoms with van der Waals surface area (Å²) < 4.78 is 6.33. The number of nitrogens with zero attached hydrogens (tertiary/aromatic N) is 12. The molecule has 10 heterocycles. The van der Waals surface area contributed by atoms with Crippen LogP contribution in [0.4, 0.5) is 23.3 Å². The van der Waals surface area contributed by atoms with Gasteiger partial charge < -0.3 is 100 Å². The van der Waals surface area contributed by atoms with Crippen LogP contribution >= 0.6 is 0 Å². The van der Waals surface area contributed by atoms with Crippen molar-refractivity contribution in [2.75, 3.05) is 82.1 Å². The second kappa shape index (κ2) is 43.7. The van der Waals surface area contributed by atoms with Crippen molar-refractivity contribution < 1.29 is 74.4 Å². The molecule has 0 aliphatic carbocycles. The van der Waals surface area contributed by atoms with Gasteiger partial charge >= 0.3 is 35.8 Å². The monoisotopic (exact) mass is 1780 g/mol. The molecule has 1 saturated heterocycles. The Kier molecular flexibility index (Phi) is 32.6. The maximum Gasteiger partial charge on any atom is 0.345 e. The number of pyridine rings is 6. The van der Waals surface area contributed by atoms with Crippen LogP contribution in [0.25, 0.3) is 78.9 Å². The Hall–Kier alpha value is -16.8. The molecular formula is C90H95N19O21. The average molecular weight is 1780 g/mol. The Morgan fingerprint density at radius 1 is 0.438 bits per heavy atom. The highest BCUT2D eigenvalue weighted by Crippen LogP contribution is 2.33. The molecule has 0 atom stereocenters. The molecule has 16 N–H and O–H groups in total. The largest absolute Gasteiger partial charge is 0.507 e. The first-order valence-electron chi connectivity index (χ1n) is 40.1. The van der Waals surface area contributed by atoms with E-state index in [1.807, 2.05) is 139 Å². The molecule has 14 rings (SSSR count). The number of hydrogen-bond donors (Lipinski definition) is 15. The number of rotatable bonds is 23. The van der Waals surface area contributed by atoms with Crippen LogP contribution in [-0.4, -0.2) is 209 Å². The topological polar surface area (TPSA) is 605 Å². The van der Waals surface area contributed by atoms with E-state index in [4.69, 9.17) is 41.1 Å². The first-order valence-corrected chi connectivity index (χ1v) is 40.1. The number of aromatic carboxylic acids is 6. The van der Waals surface area contributed by atoms with Gasteiger partial charge in [0.15, 0.2) is 11.1 Å². The lowest BCUT2D eigenvalue weighted by Crippen LogP contribution is -2.25. The molecule has 676 valence electrons. The van der Waals surface area contributed by atoms with E-state index >= 15 is 0 Å². The van der Waals surface area contributed by atoms with Crippen LogP contribution < -0.4 is 63.4 Å². The molecule has 0 amide bonds. The fourth-order valence-corrected chi connectivity index (χ4v) is 13.5. The van der Waals surface area contributed by atoms with E-state index < -0.39 is 91.8 Å². The lowest BCUT2D eigenvalue weighted by Gasteiger charge is -2.18. The van der Waals surface area contributed by atoms with Gasteiger partial charge in [-0.2, -0.15) is 5.21 Å². The van der Waals surface area contributed by atoms with E-state index in [9.17, 15) is 67.7 Å². The van der Waals surface area contributed by atoms with E-state index in [2.05, 4.69) is 70.4 Å². The summed E-state index contributed by atoms with van der Waals surface area (Å²) in [7, 11) is 14.2. The van der Waals surface area contributed by atoms with Crippen LogP contribution in [0.15, 0.2) is 181 Å². The van der Waals surface area contributed by atoms with Crippen LogP contribution in [0, 0.1) is 0 Å². The third-order valence-electron chi connectivity index (χ3n) is 20.4. The molecule has 13 aromatic rings. The Balaban J connectivity index is 0.000000176. The maximum absolute atomic E-state index is 12.1. The van der Waals surface area contributed by atoms with Gasteiger partial charge in [-0.25, -0.2) is 48.7 Å². The Labute approximate surface area is 739 Å². The fourth-order valence-electron chi connectivity index (χ4n) is 13.5. The number of ether oxygens (including phenoxy) is 1. The summed E-state index contributed by atoms with van der Waals surface area (Å²) in [5.74, 6) is -6.66. The summed E-state index contributed by atoms with van der Waals surface area (Å²) in [6, 6.07) is 36.6. The van der Waals surface area contributed by atoms with Gasteiger partial charge in [0, 0.05) is 133 Å². The van der Waals surface area contributed by atoms with Crippen LogP contribution in [0.2, 0.25) is 0 Å². The van der Waals surface area contributed by atoms with Gasteiger partial charge in [0.1, 0.15) is 39.5 Å². The predicted molar refractivity (Wildman–Crippen MR) is 485 cm³/mol. The number of carbonyl (C=O) groups is 6. The molecule has 0 unspecified atom stereocenters. The molecule has 9 aromatic heterocycles. The number of carboxylic acids is 6. The average Bonchev–Trinajstić information content (AvgIpc) is 0.891. The van der Waals surface area contributed by atoms with Gasteiger partial charge in [0.05, 0.1) is 41.3 Å². The number of aromatic amines is 6. The van der Waals surface area contributed by atoms with E-state index in [-0.39, 0.29) is 28.8 Å². The number of aromatic nitrogens is 14. The number of nitrogens with one attached hydrogen (secondary N) is 6. The maximum atomic E-state index is 12.1. The Morgan fingerprint density at radius 3 is 1.17 bits per heavy atom. The fraction of sp³-hybridized carbons (Fsp3) is 0.233. The number of methoxy groups -OCH3 is 1. The zero-order valence-electron chi connectivity index (χ0n) is 72.6. The lowest BCUT2D eigenvalue weighted by molar-refractivity contribution is 0.0679. The van der Waals surface area contributed by atoms with Crippen LogP contribution in [0.3, 0.4) is 0 Å². The van der Waals surface area contributed by atoms with Crippen molar-refractivity contribution in [3.8, 4) is 96.2 Å². The summed E-state index contributed by atoms with van der Waals surface area (Å²) in [6.45, 7) is 9.68. The number of aryl methyl sites for hydroxylation is 3. The normalized spacial score (nSPS) is 11.1. The van der Waals surface area contributed by atoms with Gasteiger partial charge in [-0.15, -0.1) is 10.2 Å². The highest BCUT2D eigenvalue weighted by atomic mass is 16.5. The zero-order chi connectivity index (χ0) is 95.2. The van der Waals surface area contributed by atoms with Crippen LogP contribution in [0.1, 0.15) is 131 Å². The number of H-pyrrole nitrogens is 6. The number of aromatic hydroxyl groups is 2. The van der Waals surface area contributed by atoms with Gasteiger partial charge in [0.25, 0.3) is 33.4 Å². The lowest BCUT2D eigenvalue weighted by atomic mass is 10.0. The summed E-state index contributed by atoms with van der Waals surface area (Å²) in [5.41, 5.74) is 12.8. The quantitative estimate of drug-likeness (QED) is 0.0284. The van der Waals surface area contributed by atoms with Gasteiger partial charge in [-0.3, -0.25) is 28.8 Å². The smallest absolute Gasteiger partial charge is 0.345 e. The third-order valence-corrected chi connectivity index (χ3v) is 20.4. The van der Waals surface area contributed by atoms with Crippen molar-refractivity contribution in [1.29, 1.82) is 0 Å². The molecule has 40 nitrogen and oxygen atoms in total. The molecule has 0 spiro atoms. The highest BCUT2D eigenvalue weighted by Gasteiger charge is 2.26. The van der Waals surface area contributed by atoms with Crippen molar-refractivity contribution in [1.82, 2.24) is 70.0 Å². The molecule has 0 saturated carbocycles. The summed E-state index contributed by atoms with van der Waals surface area (Å²) in [6.07, 6.45) is 10.8. The second-order valence-electron chi connectivity index (χ2n) is 29.3. The van der Waals surface area contributed by atoms with Gasteiger partial charge in [0.2, 0.25) is 17.7 Å². The molecule has 4 aromatic carbocycles. The van der Waals surface area contributed by atoms with Crippen LogP contribution in [-0.2, 0) is 39.3 Å². The molecule has 1 aliphatic rings. The minimum absolute atomic E-state index is 0.141. The number of anilines is 4. The second-order valence-corrected chi connectivity index (χ2v) is 29.3. The first kappa shape index (κ1) is 97.0. The van der Waals surface area contributed by atoms with E-state index in [0.29, 0.717) is 99.8 Å². The zero-order valence-corrected chi connectivity index (χ0v) is 72.6. The number of benzene rings is 4. The van der Waals surface area contributed by atoms with Crippen molar-refractivity contribution in [3.05, 3.63) is 276 Å². The summed E-state index contributed by atoms with van der Waals surface area (Å²) in [5, 5.41) is 87.6. The number of nitrogens with two attached hydrogens (primary N) is 1. The minimum Gasteiger partial charge on any atom is -0.507 e. The summed E-state index contributed by atoms with van der Waals surface area (Å²) >= 11 is 0. The van der Waals surface area contributed by atoms with Gasteiger partial charge in [-0.05, 0) is 161 Å². The molecule has 0 bridgehead atoms. The first-order chi connectivity index (χ1) is 61.9. The standard InChI is InChI=1S/C17H18N2O4.C15H13N5O3.C15H17N3O3.C15H15NO4.C14H16N4O4.C14H16N4O3/c1-18-13(10-14(20)15(16(18)21)17(22)23)11-4-6-12(7-5-11)19-8-2-3-9-19;1-2-8-7-11(15(22)23)14(21)16-12(8)9-3-5-10(6-4-9)13-17-19-20-18-13;1-18(2)11-5-3-9(4-6-11)13-10(8-16)7-12(15(20)21)14(19)17-13;1-3-9-8-12(15(18)19)14(17)16-13(9)10-4-6-11(20-2)7-5-10;1-4-8-10(7-5-15-14(16-6-7)18(2)3)17-12(20)9(11(8)19)13(21)22;1-4-8-5-10(13(20)21)12(19)17-11(8)9-6-15-14(16-7-9)18(2)3/h4-7,10,20H,2-3,8-9H2,1H3,(H,22,23);3-7H,2H2,1H3,(H,16,21)(H,22,23)(H,17,18,19,20);3-7H,8,16H2,1-2H3,(H,17,19)(H,20,21);4-8H,3H2,1-2H3,(H,16,17)(H,18,19);5-6H,4H2,1-3H3,(H,21,22)(H2,17,19,20);5-7H,4H2,1-3H3,(H,17,19)(H,20,21). The predicted octanol–water partition coefficient (Wildman–Crippen LogP) is 9.14. The molecule has 40 heteroatoms. The van der Waals surface area contributed by atoms with Gasteiger partial charge in [-0.1, -0.05) is 76.2 Å². The summed E-state index contributed by atoms with van der Waals surface area (Å²) in [4.78, 5) is 175. The van der Waals surface area contributed by atoms with Crippen molar-refractivity contribution in [2.45, 2.75) is 72.8 Å². The molecule has 1 fully saturated rings. The van der Waals surface area contributed by atoms with E-state index in [1.165, 1.54) is 67.2 Å².